The molecule has 0 bridgehead atoms. The first-order valence-corrected chi connectivity index (χ1v) is 9.57. The summed E-state index contributed by atoms with van der Waals surface area (Å²) in [6.07, 6.45) is 5.94. The van der Waals surface area contributed by atoms with Gasteiger partial charge < -0.3 is 10.6 Å². The summed E-state index contributed by atoms with van der Waals surface area (Å²) in [5.41, 5.74) is 2.42. The van der Waals surface area contributed by atoms with E-state index >= 15 is 0 Å². The van der Waals surface area contributed by atoms with Gasteiger partial charge in [0.2, 0.25) is 5.91 Å². The Kier molecular flexibility index (Phi) is 6.54. The molecule has 27 heavy (non-hydrogen) atoms. The molecule has 0 aromatic heterocycles. The Balaban J connectivity index is 1.45. The SMILES string of the molecule is O=C(/C=C/c1ccc(C(=O)NC2CC2)cc1)NCCc1ccc(Cl)cc1Cl. The molecule has 6 heteroatoms. The molecular weight excluding hydrogens is 383 g/mol. The van der Waals surface area contributed by atoms with Crippen LogP contribution in [-0.2, 0) is 11.2 Å². The van der Waals surface area contributed by atoms with Crippen molar-refractivity contribution >= 4 is 41.1 Å². The van der Waals surface area contributed by atoms with Crippen LogP contribution >= 0.6 is 23.2 Å². The fraction of sp³-hybridized carbons (Fsp3) is 0.238. The maximum atomic E-state index is 11.9. The molecule has 4 nitrogen and oxygen atoms in total. The van der Waals surface area contributed by atoms with Gasteiger partial charge in [-0.05, 0) is 60.7 Å². The molecule has 0 saturated heterocycles. The number of amides is 2. The van der Waals surface area contributed by atoms with Gasteiger partial charge in [-0.15, -0.1) is 0 Å². The van der Waals surface area contributed by atoms with Gasteiger partial charge in [-0.2, -0.15) is 0 Å². The number of halogens is 2. The highest BCUT2D eigenvalue weighted by Crippen LogP contribution is 2.21. The molecule has 2 aromatic rings. The molecule has 0 spiro atoms. The molecule has 1 aliphatic rings. The number of hydrogen-bond donors (Lipinski definition) is 2. The van der Waals surface area contributed by atoms with E-state index in [4.69, 9.17) is 23.2 Å². The first kappa shape index (κ1) is 19.5. The summed E-state index contributed by atoms with van der Waals surface area (Å²) in [6.45, 7) is 0.477. The van der Waals surface area contributed by atoms with Gasteiger partial charge in [-0.3, -0.25) is 9.59 Å². The van der Waals surface area contributed by atoms with Gasteiger partial charge in [0.25, 0.3) is 5.91 Å². The second-order valence-electron chi connectivity index (χ2n) is 6.48. The van der Waals surface area contributed by atoms with E-state index in [-0.39, 0.29) is 11.8 Å². The van der Waals surface area contributed by atoms with Gasteiger partial charge in [0.05, 0.1) is 0 Å². The second kappa shape index (κ2) is 9.07. The van der Waals surface area contributed by atoms with E-state index in [1.807, 2.05) is 18.2 Å². The fourth-order valence-corrected chi connectivity index (χ4v) is 3.02. The number of rotatable bonds is 7. The predicted octanol–water partition coefficient (Wildman–Crippen LogP) is 4.26. The lowest BCUT2D eigenvalue weighted by Gasteiger charge is -2.05. The Morgan fingerprint density at radius 1 is 1.07 bits per heavy atom. The maximum Gasteiger partial charge on any atom is 0.251 e. The van der Waals surface area contributed by atoms with Crippen molar-refractivity contribution in [2.45, 2.75) is 25.3 Å². The van der Waals surface area contributed by atoms with E-state index < -0.39 is 0 Å². The van der Waals surface area contributed by atoms with Crippen LogP contribution in [0.1, 0.15) is 34.3 Å². The lowest BCUT2D eigenvalue weighted by Crippen LogP contribution is -2.25. The zero-order valence-electron chi connectivity index (χ0n) is 14.7. The molecule has 0 unspecified atom stereocenters. The fourth-order valence-electron chi connectivity index (χ4n) is 2.52. The molecule has 2 N–H and O–H groups in total. The van der Waals surface area contributed by atoms with Crippen LogP contribution in [0.3, 0.4) is 0 Å². The summed E-state index contributed by atoms with van der Waals surface area (Å²) in [6, 6.07) is 12.8. The van der Waals surface area contributed by atoms with Crippen molar-refractivity contribution in [3.8, 4) is 0 Å². The summed E-state index contributed by atoms with van der Waals surface area (Å²) in [5.74, 6) is -0.234. The first-order valence-electron chi connectivity index (χ1n) is 8.82. The van der Waals surface area contributed by atoms with Gasteiger partial charge in [0.1, 0.15) is 0 Å². The van der Waals surface area contributed by atoms with Crippen LogP contribution in [0.2, 0.25) is 10.0 Å². The number of carbonyl (C=O) groups is 2. The maximum absolute atomic E-state index is 11.9. The van der Waals surface area contributed by atoms with Crippen LogP contribution in [0.4, 0.5) is 0 Å². The van der Waals surface area contributed by atoms with Crippen molar-refractivity contribution in [1.82, 2.24) is 10.6 Å². The molecule has 1 saturated carbocycles. The quantitative estimate of drug-likeness (QED) is 0.679. The highest BCUT2D eigenvalue weighted by atomic mass is 35.5. The first-order chi connectivity index (χ1) is 13.0. The average molecular weight is 403 g/mol. The van der Waals surface area contributed by atoms with Crippen LogP contribution in [0, 0.1) is 0 Å². The predicted molar refractivity (Wildman–Crippen MR) is 109 cm³/mol. The van der Waals surface area contributed by atoms with Crippen LogP contribution in [0.5, 0.6) is 0 Å². The Labute approximate surface area is 168 Å². The summed E-state index contributed by atoms with van der Waals surface area (Å²) in [4.78, 5) is 23.9. The second-order valence-corrected chi connectivity index (χ2v) is 7.32. The van der Waals surface area contributed by atoms with E-state index in [0.717, 1.165) is 24.0 Å². The number of nitrogens with one attached hydrogen (secondary N) is 2. The summed E-state index contributed by atoms with van der Waals surface area (Å²) < 4.78 is 0. The number of benzene rings is 2. The average Bonchev–Trinajstić information content (AvgIpc) is 3.46. The molecule has 0 aliphatic heterocycles. The smallest absolute Gasteiger partial charge is 0.251 e. The largest absolute Gasteiger partial charge is 0.352 e. The van der Waals surface area contributed by atoms with E-state index in [1.54, 1.807) is 30.3 Å². The van der Waals surface area contributed by atoms with Gasteiger partial charge >= 0.3 is 0 Å². The Bertz CT molecular complexity index is 859. The topological polar surface area (TPSA) is 58.2 Å². The van der Waals surface area contributed by atoms with Crippen LogP contribution < -0.4 is 10.6 Å². The third-order valence-corrected chi connectivity index (χ3v) is 4.81. The van der Waals surface area contributed by atoms with Crippen LogP contribution in [0.25, 0.3) is 6.08 Å². The zero-order chi connectivity index (χ0) is 19.2. The Morgan fingerprint density at radius 3 is 2.48 bits per heavy atom. The number of hydrogen-bond acceptors (Lipinski definition) is 2. The van der Waals surface area contributed by atoms with E-state index in [9.17, 15) is 9.59 Å². The van der Waals surface area contributed by atoms with E-state index in [1.165, 1.54) is 6.08 Å². The molecule has 1 fully saturated rings. The van der Waals surface area contributed by atoms with Crippen LogP contribution in [0.15, 0.2) is 48.5 Å². The Hall–Kier alpha value is -2.30. The molecule has 2 amide bonds. The molecule has 140 valence electrons. The third kappa shape index (κ3) is 6.12. The minimum Gasteiger partial charge on any atom is -0.352 e. The Morgan fingerprint density at radius 2 is 1.81 bits per heavy atom. The van der Waals surface area contributed by atoms with Crippen molar-refractivity contribution in [2.75, 3.05) is 6.54 Å². The van der Waals surface area contributed by atoms with Crippen molar-refractivity contribution in [3.63, 3.8) is 0 Å². The summed E-state index contributed by atoms with van der Waals surface area (Å²) >= 11 is 12.0. The van der Waals surface area contributed by atoms with Gasteiger partial charge in [-0.1, -0.05) is 41.4 Å². The minimum absolute atomic E-state index is 0.0494. The molecule has 1 aliphatic carbocycles. The highest BCUT2D eigenvalue weighted by molar-refractivity contribution is 6.35. The van der Waals surface area contributed by atoms with E-state index in [2.05, 4.69) is 10.6 Å². The van der Waals surface area contributed by atoms with Gasteiger partial charge in [-0.25, -0.2) is 0 Å². The molecule has 0 atom stereocenters. The normalized spacial score (nSPS) is 13.6. The van der Waals surface area contributed by atoms with Crippen molar-refractivity contribution in [1.29, 1.82) is 0 Å². The van der Waals surface area contributed by atoms with E-state index in [0.29, 0.717) is 34.6 Å². The highest BCUT2D eigenvalue weighted by Gasteiger charge is 2.23. The molecular formula is C21H20Cl2N2O2. The van der Waals surface area contributed by atoms with Gasteiger partial charge in [0, 0.05) is 34.3 Å². The zero-order valence-corrected chi connectivity index (χ0v) is 16.2. The van der Waals surface area contributed by atoms with Crippen molar-refractivity contribution in [3.05, 3.63) is 75.3 Å². The van der Waals surface area contributed by atoms with Crippen molar-refractivity contribution in [2.24, 2.45) is 0 Å². The molecule has 0 radical (unpaired) electrons. The molecule has 3 rings (SSSR count). The molecule has 2 aromatic carbocycles. The summed E-state index contributed by atoms with van der Waals surface area (Å²) in [5, 5.41) is 6.95. The lowest BCUT2D eigenvalue weighted by atomic mass is 10.1. The van der Waals surface area contributed by atoms with Crippen molar-refractivity contribution < 1.29 is 9.59 Å². The molecule has 0 heterocycles. The lowest BCUT2D eigenvalue weighted by molar-refractivity contribution is -0.116. The van der Waals surface area contributed by atoms with Gasteiger partial charge in [0.15, 0.2) is 0 Å². The standard InChI is InChI=1S/C21H20Cl2N2O2/c22-17-7-6-15(19(23)13-17)11-12-24-20(26)10-3-14-1-4-16(5-2-14)21(27)25-18-8-9-18/h1-7,10,13,18H,8-9,11-12H2,(H,24,26)(H,25,27)/b10-3+. The summed E-state index contributed by atoms with van der Waals surface area (Å²) in [7, 11) is 0. The minimum atomic E-state index is -0.185. The monoisotopic (exact) mass is 402 g/mol. The number of carbonyl (C=O) groups excluding carboxylic acids is 2. The van der Waals surface area contributed by atoms with Crippen LogP contribution in [-0.4, -0.2) is 24.4 Å². The third-order valence-electron chi connectivity index (χ3n) is 4.22.